The summed E-state index contributed by atoms with van der Waals surface area (Å²) in [6, 6.07) is 21.6. The Labute approximate surface area is 176 Å². The van der Waals surface area contributed by atoms with Crippen molar-refractivity contribution in [3.8, 4) is 11.5 Å². The van der Waals surface area contributed by atoms with Gasteiger partial charge in [0, 0.05) is 33.9 Å². The van der Waals surface area contributed by atoms with Crippen LogP contribution < -0.4 is 14.8 Å². The number of aryl methyl sites for hydroxylation is 1. The zero-order chi connectivity index (χ0) is 20.6. The fourth-order valence-corrected chi connectivity index (χ4v) is 3.83. The number of para-hydroxylation sites is 1. The molecule has 0 heterocycles. The van der Waals surface area contributed by atoms with E-state index in [-0.39, 0.29) is 5.91 Å². The maximum atomic E-state index is 12.7. The van der Waals surface area contributed by atoms with E-state index in [1.165, 1.54) is 10.5 Å². The smallest absolute Gasteiger partial charge is 0.251 e. The van der Waals surface area contributed by atoms with Gasteiger partial charge >= 0.3 is 0 Å². The number of rotatable bonds is 8. The Morgan fingerprint density at radius 2 is 1.59 bits per heavy atom. The maximum absolute atomic E-state index is 12.7. The Hall–Kier alpha value is -2.92. The van der Waals surface area contributed by atoms with Crippen molar-refractivity contribution >= 4 is 17.7 Å². The number of thioether (sulfide) groups is 1. The van der Waals surface area contributed by atoms with Gasteiger partial charge in [-0.15, -0.1) is 11.8 Å². The van der Waals surface area contributed by atoms with Gasteiger partial charge in [-0.3, -0.25) is 4.79 Å². The van der Waals surface area contributed by atoms with E-state index in [2.05, 4.69) is 36.5 Å². The van der Waals surface area contributed by atoms with Gasteiger partial charge in [0.2, 0.25) is 0 Å². The van der Waals surface area contributed by atoms with Crippen molar-refractivity contribution in [1.29, 1.82) is 0 Å². The molecule has 0 aromatic heterocycles. The second-order valence-corrected chi connectivity index (χ2v) is 7.67. The summed E-state index contributed by atoms with van der Waals surface area (Å²) in [6.45, 7) is 2.48. The number of carbonyl (C=O) groups is 1. The molecule has 1 amide bonds. The van der Waals surface area contributed by atoms with Gasteiger partial charge in [0.25, 0.3) is 5.91 Å². The molecule has 3 aromatic rings. The SMILES string of the molecule is COc1ccccc1CNC(=O)c1ccc(OC)c(CSc2ccc(C)cc2)c1. The number of hydrogen-bond acceptors (Lipinski definition) is 4. The van der Waals surface area contributed by atoms with Crippen molar-refractivity contribution in [2.24, 2.45) is 0 Å². The zero-order valence-corrected chi connectivity index (χ0v) is 17.7. The largest absolute Gasteiger partial charge is 0.496 e. The molecule has 0 aliphatic rings. The summed E-state index contributed by atoms with van der Waals surface area (Å²) < 4.78 is 10.8. The minimum atomic E-state index is -0.125. The van der Waals surface area contributed by atoms with Crippen molar-refractivity contribution in [2.45, 2.75) is 24.1 Å². The standard InChI is InChI=1S/C24H25NO3S/c1-17-8-11-21(12-9-17)29-16-20-14-18(10-13-23(20)28-3)24(26)25-15-19-6-4-5-7-22(19)27-2/h4-14H,15-16H2,1-3H3,(H,25,26). The average molecular weight is 408 g/mol. The van der Waals surface area contributed by atoms with Crippen LogP contribution in [0.25, 0.3) is 0 Å². The number of carbonyl (C=O) groups excluding carboxylic acids is 1. The Kier molecular flexibility index (Phi) is 7.19. The summed E-state index contributed by atoms with van der Waals surface area (Å²) in [5, 5.41) is 2.97. The van der Waals surface area contributed by atoms with Crippen LogP contribution in [0.1, 0.15) is 27.0 Å². The van der Waals surface area contributed by atoms with Crippen molar-refractivity contribution in [2.75, 3.05) is 14.2 Å². The lowest BCUT2D eigenvalue weighted by atomic mass is 10.1. The van der Waals surface area contributed by atoms with Crippen LogP contribution in [0.15, 0.2) is 71.6 Å². The molecule has 3 aromatic carbocycles. The first-order valence-electron chi connectivity index (χ1n) is 9.37. The van der Waals surface area contributed by atoms with Crippen LogP contribution in [0.4, 0.5) is 0 Å². The highest BCUT2D eigenvalue weighted by Gasteiger charge is 2.12. The van der Waals surface area contributed by atoms with Gasteiger partial charge in [-0.05, 0) is 43.3 Å². The molecule has 150 valence electrons. The Morgan fingerprint density at radius 3 is 2.31 bits per heavy atom. The molecular weight excluding hydrogens is 382 g/mol. The molecule has 0 fully saturated rings. The van der Waals surface area contributed by atoms with Crippen LogP contribution in [0, 0.1) is 6.92 Å². The van der Waals surface area contributed by atoms with Crippen LogP contribution in [-0.4, -0.2) is 20.1 Å². The van der Waals surface area contributed by atoms with Gasteiger partial charge in [-0.2, -0.15) is 0 Å². The zero-order valence-electron chi connectivity index (χ0n) is 16.9. The fourth-order valence-electron chi connectivity index (χ4n) is 2.95. The second kappa shape index (κ2) is 10.0. The van der Waals surface area contributed by atoms with E-state index < -0.39 is 0 Å². The molecule has 1 N–H and O–H groups in total. The van der Waals surface area contributed by atoms with Crippen LogP contribution in [0.3, 0.4) is 0 Å². The van der Waals surface area contributed by atoms with E-state index in [4.69, 9.17) is 9.47 Å². The predicted molar refractivity (Wildman–Crippen MR) is 118 cm³/mol. The lowest BCUT2D eigenvalue weighted by molar-refractivity contribution is 0.0950. The van der Waals surface area contributed by atoms with Gasteiger partial charge in [0.05, 0.1) is 14.2 Å². The third-order valence-corrected chi connectivity index (χ3v) is 5.65. The Morgan fingerprint density at radius 1 is 0.897 bits per heavy atom. The Balaban J connectivity index is 1.69. The van der Waals surface area contributed by atoms with Crippen LogP contribution >= 0.6 is 11.8 Å². The molecule has 4 nitrogen and oxygen atoms in total. The normalized spacial score (nSPS) is 10.4. The Bertz CT molecular complexity index is 970. The lowest BCUT2D eigenvalue weighted by Crippen LogP contribution is -2.23. The molecule has 0 atom stereocenters. The van der Waals surface area contributed by atoms with Crippen LogP contribution in [0.2, 0.25) is 0 Å². The van der Waals surface area contributed by atoms with Gasteiger partial charge in [-0.25, -0.2) is 0 Å². The van der Waals surface area contributed by atoms with Crippen LogP contribution in [0.5, 0.6) is 11.5 Å². The molecule has 0 saturated heterocycles. The van der Waals surface area contributed by atoms with Crippen molar-refractivity contribution in [1.82, 2.24) is 5.32 Å². The molecule has 0 radical (unpaired) electrons. The van der Waals surface area contributed by atoms with E-state index >= 15 is 0 Å². The highest BCUT2D eigenvalue weighted by atomic mass is 32.2. The summed E-state index contributed by atoms with van der Waals surface area (Å²) in [5.74, 6) is 2.14. The number of ether oxygens (including phenoxy) is 2. The predicted octanol–water partition coefficient (Wildman–Crippen LogP) is 5.23. The summed E-state index contributed by atoms with van der Waals surface area (Å²) in [4.78, 5) is 13.9. The summed E-state index contributed by atoms with van der Waals surface area (Å²) in [5.41, 5.74) is 3.77. The first-order valence-corrected chi connectivity index (χ1v) is 10.4. The van der Waals surface area contributed by atoms with Crippen LogP contribution in [-0.2, 0) is 12.3 Å². The summed E-state index contributed by atoms with van der Waals surface area (Å²) in [7, 11) is 3.28. The van der Waals surface area contributed by atoms with E-state index in [0.717, 1.165) is 28.4 Å². The van der Waals surface area contributed by atoms with Gasteiger partial charge in [0.15, 0.2) is 0 Å². The first-order chi connectivity index (χ1) is 14.1. The van der Waals surface area contributed by atoms with Crippen molar-refractivity contribution in [3.63, 3.8) is 0 Å². The van der Waals surface area contributed by atoms with Gasteiger partial charge < -0.3 is 14.8 Å². The molecule has 3 rings (SSSR count). The van der Waals surface area contributed by atoms with Crippen molar-refractivity contribution in [3.05, 3.63) is 89.0 Å². The maximum Gasteiger partial charge on any atom is 0.251 e. The number of amides is 1. The molecule has 29 heavy (non-hydrogen) atoms. The topological polar surface area (TPSA) is 47.6 Å². The fraction of sp³-hybridized carbons (Fsp3) is 0.208. The molecule has 5 heteroatoms. The number of hydrogen-bond donors (Lipinski definition) is 1. The van der Waals surface area contributed by atoms with Gasteiger partial charge in [-0.1, -0.05) is 35.9 Å². The molecule has 0 unspecified atom stereocenters. The van der Waals surface area contributed by atoms with E-state index in [1.807, 2.05) is 36.4 Å². The van der Waals surface area contributed by atoms with E-state index in [1.54, 1.807) is 32.0 Å². The summed E-state index contributed by atoms with van der Waals surface area (Å²) in [6.07, 6.45) is 0. The summed E-state index contributed by atoms with van der Waals surface area (Å²) >= 11 is 1.72. The third-order valence-electron chi connectivity index (χ3n) is 4.59. The molecule has 0 aliphatic carbocycles. The minimum Gasteiger partial charge on any atom is -0.496 e. The number of methoxy groups -OCH3 is 2. The first kappa shape index (κ1) is 20.8. The molecule has 0 saturated carbocycles. The lowest BCUT2D eigenvalue weighted by Gasteiger charge is -2.12. The highest BCUT2D eigenvalue weighted by molar-refractivity contribution is 7.98. The number of nitrogens with one attached hydrogen (secondary N) is 1. The molecule has 0 bridgehead atoms. The highest BCUT2D eigenvalue weighted by Crippen LogP contribution is 2.29. The molecule has 0 spiro atoms. The third kappa shape index (κ3) is 5.55. The minimum absolute atomic E-state index is 0.125. The quantitative estimate of drug-likeness (QED) is 0.519. The molecule has 0 aliphatic heterocycles. The monoisotopic (exact) mass is 407 g/mol. The second-order valence-electron chi connectivity index (χ2n) is 6.62. The van der Waals surface area contributed by atoms with Gasteiger partial charge in [0.1, 0.15) is 11.5 Å². The van der Waals surface area contributed by atoms with E-state index in [9.17, 15) is 4.79 Å². The van der Waals surface area contributed by atoms with E-state index in [0.29, 0.717) is 12.1 Å². The average Bonchev–Trinajstić information content (AvgIpc) is 2.77. The number of benzene rings is 3. The van der Waals surface area contributed by atoms with Crippen molar-refractivity contribution < 1.29 is 14.3 Å². The molecular formula is C24H25NO3S.